The Kier molecular flexibility index (Phi) is 4.59. The first-order valence-electron chi connectivity index (χ1n) is 7.63. The van der Waals surface area contributed by atoms with E-state index in [1.807, 2.05) is 0 Å². The van der Waals surface area contributed by atoms with Gasteiger partial charge in [-0.1, -0.05) is 11.6 Å². The zero-order valence-electron chi connectivity index (χ0n) is 14.2. The first-order valence-corrected chi connectivity index (χ1v) is 8.01. The molecule has 0 unspecified atom stereocenters. The van der Waals surface area contributed by atoms with Gasteiger partial charge in [0.2, 0.25) is 0 Å². The quantitative estimate of drug-likeness (QED) is 0.581. The van der Waals surface area contributed by atoms with Crippen LogP contribution in [0.4, 0.5) is 4.79 Å². The highest BCUT2D eigenvalue weighted by Gasteiger charge is 2.38. The summed E-state index contributed by atoms with van der Waals surface area (Å²) in [4.78, 5) is 49.1. The van der Waals surface area contributed by atoms with Gasteiger partial charge < -0.3 is 14.3 Å². The average Bonchev–Trinajstić information content (AvgIpc) is 3.10. The molecule has 4 amide bonds. The van der Waals surface area contributed by atoms with Crippen molar-refractivity contribution in [2.24, 2.45) is 0 Å². The number of benzene rings is 1. The lowest BCUT2D eigenvalue weighted by Crippen LogP contribution is -2.52. The van der Waals surface area contributed by atoms with Gasteiger partial charge in [-0.15, -0.1) is 0 Å². The minimum absolute atomic E-state index is 0.136. The molecule has 8 nitrogen and oxygen atoms in total. The van der Waals surface area contributed by atoms with Crippen LogP contribution in [0, 0.1) is 0 Å². The van der Waals surface area contributed by atoms with Crippen molar-refractivity contribution in [2.75, 3.05) is 14.1 Å². The predicted molar refractivity (Wildman–Crippen MR) is 92.4 cm³/mol. The van der Waals surface area contributed by atoms with Crippen molar-refractivity contribution < 1.29 is 28.7 Å². The molecule has 0 spiro atoms. The van der Waals surface area contributed by atoms with E-state index in [1.165, 1.54) is 50.5 Å². The van der Waals surface area contributed by atoms with Crippen molar-refractivity contribution in [2.45, 2.75) is 0 Å². The molecule has 2 aromatic rings. The molecule has 138 valence electrons. The summed E-state index contributed by atoms with van der Waals surface area (Å²) in [5.41, 5.74) is -0.183. The van der Waals surface area contributed by atoms with Crippen LogP contribution in [0.2, 0.25) is 5.02 Å². The number of hydrogen-bond donors (Lipinski definition) is 0. The van der Waals surface area contributed by atoms with E-state index in [2.05, 4.69) is 0 Å². The van der Waals surface area contributed by atoms with E-state index in [9.17, 15) is 24.3 Å². The van der Waals surface area contributed by atoms with Gasteiger partial charge in [-0.3, -0.25) is 19.4 Å². The van der Waals surface area contributed by atoms with Gasteiger partial charge in [0.05, 0.1) is 5.97 Å². The zero-order chi connectivity index (χ0) is 19.9. The Morgan fingerprint density at radius 2 is 1.70 bits per heavy atom. The number of halogens is 1. The molecular weight excluding hydrogens is 376 g/mol. The normalized spacial score (nSPS) is 14.8. The summed E-state index contributed by atoms with van der Waals surface area (Å²) in [5.74, 6) is -2.63. The van der Waals surface area contributed by atoms with Crippen LogP contribution in [0.25, 0.3) is 17.4 Å². The van der Waals surface area contributed by atoms with Crippen molar-refractivity contribution in [3.8, 4) is 11.3 Å². The highest BCUT2D eigenvalue weighted by molar-refractivity contribution is 6.31. The molecule has 9 heteroatoms. The van der Waals surface area contributed by atoms with Gasteiger partial charge in [-0.2, -0.15) is 0 Å². The molecule has 0 bridgehead atoms. The number of likely N-dealkylation sites (N-methyl/N-ethyl adjacent to an activating group) is 2. The summed E-state index contributed by atoms with van der Waals surface area (Å²) in [6, 6.07) is 6.40. The van der Waals surface area contributed by atoms with Gasteiger partial charge >= 0.3 is 6.03 Å². The molecule has 2 heterocycles. The van der Waals surface area contributed by atoms with Crippen LogP contribution >= 0.6 is 11.6 Å². The van der Waals surface area contributed by atoms with E-state index in [1.54, 1.807) is 0 Å². The second-order valence-electron chi connectivity index (χ2n) is 5.75. The molecule has 0 saturated carbocycles. The van der Waals surface area contributed by atoms with Gasteiger partial charge in [0.1, 0.15) is 17.1 Å². The minimum Gasteiger partial charge on any atom is -0.545 e. The number of imide groups is 2. The van der Waals surface area contributed by atoms with Crippen LogP contribution in [0.3, 0.4) is 0 Å². The molecule has 0 aliphatic carbocycles. The summed E-state index contributed by atoms with van der Waals surface area (Å²) >= 11 is 5.81. The Hall–Kier alpha value is -3.39. The Balaban J connectivity index is 2.01. The summed E-state index contributed by atoms with van der Waals surface area (Å²) in [6.07, 6.45) is 1.20. The molecule has 1 aromatic heterocycles. The van der Waals surface area contributed by atoms with E-state index in [0.717, 1.165) is 9.80 Å². The number of hydrogen-bond acceptors (Lipinski definition) is 6. The number of furan rings is 1. The molecular formula is C18H12ClN2O6-. The fourth-order valence-electron chi connectivity index (χ4n) is 2.59. The predicted octanol–water partition coefficient (Wildman–Crippen LogP) is 1.40. The number of aromatic carboxylic acids is 1. The van der Waals surface area contributed by atoms with Crippen molar-refractivity contribution >= 4 is 41.5 Å². The monoisotopic (exact) mass is 387 g/mol. The van der Waals surface area contributed by atoms with Crippen LogP contribution in [-0.4, -0.2) is 47.7 Å². The Morgan fingerprint density at radius 1 is 1.07 bits per heavy atom. The first-order chi connectivity index (χ1) is 12.7. The third-order valence-corrected chi connectivity index (χ3v) is 4.26. The number of barbiturate groups is 1. The number of urea groups is 1. The summed E-state index contributed by atoms with van der Waals surface area (Å²) in [6.45, 7) is 0. The lowest BCUT2D eigenvalue weighted by Gasteiger charge is -2.28. The third kappa shape index (κ3) is 3.22. The molecule has 1 aromatic carbocycles. The maximum absolute atomic E-state index is 12.2. The van der Waals surface area contributed by atoms with E-state index in [0.29, 0.717) is 0 Å². The maximum Gasteiger partial charge on any atom is 0.333 e. The van der Waals surface area contributed by atoms with Gasteiger partial charge in [0.15, 0.2) is 0 Å². The van der Waals surface area contributed by atoms with Gasteiger partial charge in [-0.25, -0.2) is 4.79 Å². The van der Waals surface area contributed by atoms with E-state index >= 15 is 0 Å². The van der Waals surface area contributed by atoms with Crippen molar-refractivity contribution in [3.63, 3.8) is 0 Å². The SMILES string of the molecule is CN1C(=O)C(=Cc2ccc(-c3ccc(Cl)cc3C(=O)[O-])o2)C(=O)N(C)C1=O. The molecule has 1 fully saturated rings. The molecule has 0 radical (unpaired) electrons. The lowest BCUT2D eigenvalue weighted by molar-refractivity contribution is -0.255. The van der Waals surface area contributed by atoms with E-state index in [-0.39, 0.29) is 33.2 Å². The second kappa shape index (κ2) is 6.73. The van der Waals surface area contributed by atoms with Crippen LogP contribution < -0.4 is 5.11 Å². The molecule has 27 heavy (non-hydrogen) atoms. The Bertz CT molecular complexity index is 997. The van der Waals surface area contributed by atoms with Crippen LogP contribution in [0.5, 0.6) is 0 Å². The smallest absolute Gasteiger partial charge is 0.333 e. The molecule has 1 saturated heterocycles. The summed E-state index contributed by atoms with van der Waals surface area (Å²) < 4.78 is 5.56. The van der Waals surface area contributed by atoms with Crippen LogP contribution in [0.1, 0.15) is 16.1 Å². The number of rotatable bonds is 3. The van der Waals surface area contributed by atoms with E-state index < -0.39 is 23.8 Å². The fraction of sp³-hybridized carbons (Fsp3) is 0.111. The molecule has 0 atom stereocenters. The highest BCUT2D eigenvalue weighted by Crippen LogP contribution is 2.29. The maximum atomic E-state index is 12.2. The zero-order valence-corrected chi connectivity index (χ0v) is 14.9. The highest BCUT2D eigenvalue weighted by atomic mass is 35.5. The number of nitrogens with zero attached hydrogens (tertiary/aromatic N) is 2. The van der Waals surface area contributed by atoms with Gasteiger partial charge in [0.25, 0.3) is 11.8 Å². The van der Waals surface area contributed by atoms with Gasteiger partial charge in [-0.05, 0) is 36.4 Å². The van der Waals surface area contributed by atoms with Crippen molar-refractivity contribution in [1.82, 2.24) is 9.80 Å². The average molecular weight is 388 g/mol. The summed E-state index contributed by atoms with van der Waals surface area (Å²) in [5, 5.41) is 11.5. The molecule has 1 aliphatic heterocycles. The largest absolute Gasteiger partial charge is 0.545 e. The number of carboxylic acid groups (broad SMARTS) is 1. The Morgan fingerprint density at radius 3 is 2.30 bits per heavy atom. The molecule has 1 aliphatic rings. The van der Waals surface area contributed by atoms with Crippen molar-refractivity contribution in [1.29, 1.82) is 0 Å². The minimum atomic E-state index is -1.43. The Labute approximate surface area is 158 Å². The molecule has 3 rings (SSSR count). The number of carbonyl (C=O) groups is 4. The van der Waals surface area contributed by atoms with Crippen LogP contribution in [0.15, 0.2) is 40.3 Å². The summed E-state index contributed by atoms with van der Waals surface area (Å²) in [7, 11) is 2.52. The van der Waals surface area contributed by atoms with Crippen molar-refractivity contribution in [3.05, 3.63) is 52.3 Å². The third-order valence-electron chi connectivity index (χ3n) is 4.02. The first kappa shape index (κ1) is 18.4. The number of carbonyl (C=O) groups excluding carboxylic acids is 4. The second-order valence-corrected chi connectivity index (χ2v) is 6.18. The van der Waals surface area contributed by atoms with E-state index in [4.69, 9.17) is 16.0 Å². The topological polar surface area (TPSA) is 111 Å². The van der Waals surface area contributed by atoms with Gasteiger partial charge in [0, 0.05) is 30.2 Å². The lowest BCUT2D eigenvalue weighted by atomic mass is 10.1. The number of amides is 4. The number of carboxylic acids is 1. The standard InChI is InChI=1S/C18H13ClN2O6/c1-20-15(22)13(16(23)21(2)18(20)26)8-10-4-6-14(27-10)11-5-3-9(19)7-12(11)17(24)25/h3-8H,1-2H3,(H,24,25)/p-1. The molecule has 0 N–H and O–H groups in total. The fourth-order valence-corrected chi connectivity index (χ4v) is 2.76. The van der Waals surface area contributed by atoms with Crippen LogP contribution in [-0.2, 0) is 9.59 Å².